The van der Waals surface area contributed by atoms with Crippen LogP contribution in [0, 0.1) is 0 Å². The van der Waals surface area contributed by atoms with Crippen molar-refractivity contribution < 1.29 is 0 Å². The second-order valence-electron chi connectivity index (χ2n) is 18.0. The molecule has 0 atom stereocenters. The third-order valence-electron chi connectivity index (χ3n) is 13.9. The van der Waals surface area contributed by atoms with E-state index in [2.05, 4.69) is 252 Å². The van der Waals surface area contributed by atoms with Crippen LogP contribution in [0.3, 0.4) is 0 Å². The highest BCUT2D eigenvalue weighted by Gasteiger charge is 2.19. The SMILES string of the molecule is c1ccc(-c2cc(-c3ccc(-c4ccc5c(c4)nc(-c4ccccc4)c4cc6c(cc45)c4ccccc4n6-c4ccccc4)cc3)nc(-c3ccc(-n4c5ccccc5c5ccccc54)cc3)n2)cc1. The molecule has 0 unspecified atom stereocenters. The normalized spacial score (nSPS) is 11.7. The summed E-state index contributed by atoms with van der Waals surface area (Å²) >= 11 is 0. The largest absolute Gasteiger partial charge is 0.309 e. The van der Waals surface area contributed by atoms with Crippen LogP contribution in [0.5, 0.6) is 0 Å². The van der Waals surface area contributed by atoms with Crippen molar-refractivity contribution in [3.8, 4) is 67.7 Å². The summed E-state index contributed by atoms with van der Waals surface area (Å²) in [5, 5.41) is 8.37. The van der Waals surface area contributed by atoms with Crippen molar-refractivity contribution in [2.45, 2.75) is 0 Å². The number of nitrogens with zero attached hydrogens (tertiary/aromatic N) is 5. The first-order valence-corrected chi connectivity index (χ1v) is 23.8. The van der Waals surface area contributed by atoms with E-state index < -0.39 is 0 Å². The molecule has 0 bridgehead atoms. The van der Waals surface area contributed by atoms with Gasteiger partial charge in [-0.25, -0.2) is 15.0 Å². The molecule has 0 aliphatic heterocycles. The first-order chi connectivity index (χ1) is 34.7. The average molecular weight is 892 g/mol. The second kappa shape index (κ2) is 16.1. The summed E-state index contributed by atoms with van der Waals surface area (Å²) in [5.74, 6) is 0.679. The fourth-order valence-electron chi connectivity index (χ4n) is 10.6. The number of rotatable bonds is 7. The zero-order chi connectivity index (χ0) is 46.1. The van der Waals surface area contributed by atoms with Gasteiger partial charge in [-0.3, -0.25) is 0 Å². The minimum atomic E-state index is 0.679. The topological polar surface area (TPSA) is 48.5 Å². The Kier molecular flexibility index (Phi) is 9.14. The molecule has 0 saturated heterocycles. The summed E-state index contributed by atoms with van der Waals surface area (Å²) in [7, 11) is 0. The quantitative estimate of drug-likeness (QED) is 0.150. The Hall–Kier alpha value is -9.45. The number of benzene rings is 10. The predicted molar refractivity (Wildman–Crippen MR) is 291 cm³/mol. The van der Waals surface area contributed by atoms with Gasteiger partial charge in [0.2, 0.25) is 0 Å². The van der Waals surface area contributed by atoms with E-state index in [-0.39, 0.29) is 0 Å². The van der Waals surface area contributed by atoms with Gasteiger partial charge in [-0.15, -0.1) is 0 Å². The van der Waals surface area contributed by atoms with Gasteiger partial charge in [0.05, 0.1) is 44.7 Å². The lowest BCUT2D eigenvalue weighted by Crippen LogP contribution is -1.97. The summed E-state index contributed by atoms with van der Waals surface area (Å²) in [6.45, 7) is 0. The Morgan fingerprint density at radius 1 is 0.243 bits per heavy atom. The molecule has 4 heterocycles. The Morgan fingerprint density at radius 2 is 0.714 bits per heavy atom. The predicted octanol–water partition coefficient (Wildman–Crippen LogP) is 16.7. The molecule has 5 nitrogen and oxygen atoms in total. The van der Waals surface area contributed by atoms with Gasteiger partial charge in [-0.1, -0.05) is 170 Å². The lowest BCUT2D eigenvalue weighted by Gasteiger charge is -2.14. The summed E-state index contributed by atoms with van der Waals surface area (Å²) in [6.07, 6.45) is 0. The van der Waals surface area contributed by atoms with E-state index in [0.29, 0.717) is 5.82 Å². The van der Waals surface area contributed by atoms with Crippen LogP contribution in [0.2, 0.25) is 0 Å². The Balaban J connectivity index is 0.861. The van der Waals surface area contributed by atoms with E-state index in [1.165, 1.54) is 43.5 Å². The lowest BCUT2D eigenvalue weighted by molar-refractivity contribution is 1.16. The minimum Gasteiger partial charge on any atom is -0.309 e. The molecule has 326 valence electrons. The lowest BCUT2D eigenvalue weighted by atomic mass is 9.95. The van der Waals surface area contributed by atoms with E-state index in [1.54, 1.807) is 0 Å². The second-order valence-corrected chi connectivity index (χ2v) is 18.0. The molecule has 0 aliphatic rings. The summed E-state index contributed by atoms with van der Waals surface area (Å²) in [4.78, 5) is 15.9. The molecule has 0 radical (unpaired) electrons. The van der Waals surface area contributed by atoms with E-state index in [0.717, 1.165) is 83.6 Å². The van der Waals surface area contributed by atoms with Gasteiger partial charge >= 0.3 is 0 Å². The van der Waals surface area contributed by atoms with E-state index >= 15 is 0 Å². The van der Waals surface area contributed by atoms with Crippen molar-refractivity contribution in [1.82, 2.24) is 24.1 Å². The first kappa shape index (κ1) is 39.7. The van der Waals surface area contributed by atoms with Crippen molar-refractivity contribution in [1.29, 1.82) is 0 Å². The molecule has 0 N–H and O–H groups in total. The maximum atomic E-state index is 5.48. The fourth-order valence-corrected chi connectivity index (χ4v) is 10.6. The van der Waals surface area contributed by atoms with Crippen molar-refractivity contribution in [2.24, 2.45) is 0 Å². The van der Waals surface area contributed by atoms with Crippen LogP contribution in [-0.2, 0) is 0 Å². The van der Waals surface area contributed by atoms with Crippen LogP contribution in [-0.4, -0.2) is 24.1 Å². The number of hydrogen-bond acceptors (Lipinski definition) is 3. The monoisotopic (exact) mass is 891 g/mol. The Labute approximate surface area is 403 Å². The molecule has 10 aromatic carbocycles. The zero-order valence-electron chi connectivity index (χ0n) is 37.9. The summed E-state index contributed by atoms with van der Waals surface area (Å²) in [6, 6.07) is 88.5. The number of hydrogen-bond donors (Lipinski definition) is 0. The maximum absolute atomic E-state index is 5.48. The molecule has 5 heteroatoms. The van der Waals surface area contributed by atoms with Gasteiger partial charge in [-0.2, -0.15) is 0 Å². The number of para-hydroxylation sites is 4. The van der Waals surface area contributed by atoms with Crippen molar-refractivity contribution in [3.63, 3.8) is 0 Å². The van der Waals surface area contributed by atoms with Gasteiger partial charge in [0.15, 0.2) is 5.82 Å². The van der Waals surface area contributed by atoms with Crippen LogP contribution in [0.25, 0.3) is 133 Å². The summed E-state index contributed by atoms with van der Waals surface area (Å²) in [5.41, 5.74) is 16.9. The average Bonchev–Trinajstić information content (AvgIpc) is 3.95. The van der Waals surface area contributed by atoms with Crippen LogP contribution < -0.4 is 0 Å². The molecule has 0 saturated carbocycles. The first-order valence-electron chi connectivity index (χ1n) is 23.8. The number of fused-ring (bicyclic) bond motifs is 9. The molecule has 0 amide bonds. The molecular weight excluding hydrogens is 851 g/mol. The third kappa shape index (κ3) is 6.51. The molecular formula is C65H41N5. The van der Waals surface area contributed by atoms with Gasteiger partial charge < -0.3 is 9.13 Å². The standard InChI is InChI=1S/C65H41N5/c1-4-16-43(17-5-1)57-41-58(68-65(67-57)46-32-35-49(36-33-46)69-60-25-13-10-22-51(60)52-23-11-14-26-61(52)69)44-30-28-42(29-31-44)47-34-37-50-54-39-55-53-24-12-15-27-62(53)70(48-20-8-3-9-21-48)63(55)40-56(54)64(66-59(50)38-47)45-18-6-2-7-19-45/h1-41H. The molecule has 4 aromatic heterocycles. The van der Waals surface area contributed by atoms with Crippen molar-refractivity contribution in [3.05, 3.63) is 249 Å². The van der Waals surface area contributed by atoms with Gasteiger partial charge in [0.25, 0.3) is 0 Å². The number of aromatic nitrogens is 5. The molecule has 0 aliphatic carbocycles. The van der Waals surface area contributed by atoms with Gasteiger partial charge in [0.1, 0.15) is 0 Å². The Bertz CT molecular complexity index is 4250. The van der Waals surface area contributed by atoms with Crippen molar-refractivity contribution >= 4 is 65.3 Å². The van der Waals surface area contributed by atoms with Gasteiger partial charge in [0, 0.05) is 65.9 Å². The molecule has 14 aromatic rings. The van der Waals surface area contributed by atoms with Crippen LogP contribution in [0.15, 0.2) is 249 Å². The third-order valence-corrected chi connectivity index (χ3v) is 13.9. The maximum Gasteiger partial charge on any atom is 0.160 e. The highest BCUT2D eigenvalue weighted by atomic mass is 15.0. The highest BCUT2D eigenvalue weighted by molar-refractivity contribution is 6.20. The van der Waals surface area contributed by atoms with Crippen LogP contribution in [0.1, 0.15) is 0 Å². The van der Waals surface area contributed by atoms with Crippen LogP contribution in [0.4, 0.5) is 0 Å². The van der Waals surface area contributed by atoms with Gasteiger partial charge in [-0.05, 0) is 95.4 Å². The van der Waals surface area contributed by atoms with E-state index in [9.17, 15) is 0 Å². The molecule has 0 fully saturated rings. The smallest absolute Gasteiger partial charge is 0.160 e. The zero-order valence-corrected chi connectivity index (χ0v) is 37.9. The summed E-state index contributed by atoms with van der Waals surface area (Å²) < 4.78 is 4.72. The van der Waals surface area contributed by atoms with E-state index in [1.807, 2.05) is 6.07 Å². The Morgan fingerprint density at radius 3 is 1.34 bits per heavy atom. The highest BCUT2D eigenvalue weighted by Crippen LogP contribution is 2.41. The minimum absolute atomic E-state index is 0.679. The van der Waals surface area contributed by atoms with Crippen molar-refractivity contribution in [2.75, 3.05) is 0 Å². The fraction of sp³-hybridized carbons (Fsp3) is 0. The van der Waals surface area contributed by atoms with E-state index in [4.69, 9.17) is 15.0 Å². The molecule has 0 spiro atoms. The van der Waals surface area contributed by atoms with Crippen LogP contribution >= 0.6 is 0 Å². The molecule has 14 rings (SSSR count). The number of pyridine rings is 1. The molecule has 70 heavy (non-hydrogen) atoms.